The van der Waals surface area contributed by atoms with Crippen molar-refractivity contribution in [2.24, 2.45) is 5.92 Å². The van der Waals surface area contributed by atoms with Crippen LogP contribution in [0.4, 0.5) is 0 Å². The summed E-state index contributed by atoms with van der Waals surface area (Å²) in [6, 6.07) is 2.47. The maximum atomic E-state index is 11.6. The van der Waals surface area contributed by atoms with Gasteiger partial charge in [-0.05, 0) is 36.1 Å². The highest BCUT2D eigenvalue weighted by Gasteiger charge is 2.21. The maximum Gasteiger partial charge on any atom is 0.287 e. The zero-order chi connectivity index (χ0) is 12.1. The number of hydrogen-bond acceptors (Lipinski definition) is 3. The standard InChI is InChI=1S/C11H14ClNO3/c1-7(2)6-8(10(12)14)13-11(15)9-4-3-5-16-9/h3-5,7-8H,6H2,1-2H3,(H,13,15). The lowest BCUT2D eigenvalue weighted by Gasteiger charge is -2.15. The predicted molar refractivity (Wildman–Crippen MR) is 60.3 cm³/mol. The number of carbonyl (C=O) groups excluding carboxylic acids is 2. The Hall–Kier alpha value is -1.29. The molecule has 1 aromatic rings. The Labute approximate surface area is 99.0 Å². The first-order valence-corrected chi connectivity index (χ1v) is 5.42. The van der Waals surface area contributed by atoms with Crippen LogP contribution in [-0.4, -0.2) is 17.2 Å². The minimum absolute atomic E-state index is 0.173. The molecule has 16 heavy (non-hydrogen) atoms. The van der Waals surface area contributed by atoms with Gasteiger partial charge in [-0.2, -0.15) is 0 Å². The van der Waals surface area contributed by atoms with Gasteiger partial charge in [0.05, 0.1) is 6.26 Å². The molecule has 1 N–H and O–H groups in total. The molecule has 0 aliphatic carbocycles. The number of amides is 1. The Bertz CT molecular complexity index is 359. The predicted octanol–water partition coefficient (Wildman–Crippen LogP) is 2.19. The highest BCUT2D eigenvalue weighted by atomic mass is 35.5. The zero-order valence-corrected chi connectivity index (χ0v) is 9.95. The van der Waals surface area contributed by atoms with E-state index < -0.39 is 17.2 Å². The van der Waals surface area contributed by atoms with Gasteiger partial charge in [-0.15, -0.1) is 0 Å². The molecule has 1 unspecified atom stereocenters. The van der Waals surface area contributed by atoms with Crippen molar-refractivity contribution in [3.63, 3.8) is 0 Å². The third-order valence-corrected chi connectivity index (χ3v) is 2.29. The first-order chi connectivity index (χ1) is 7.50. The SMILES string of the molecule is CC(C)CC(NC(=O)c1ccco1)C(=O)Cl. The molecule has 1 rings (SSSR count). The average Bonchev–Trinajstić information content (AvgIpc) is 2.68. The quantitative estimate of drug-likeness (QED) is 0.807. The summed E-state index contributed by atoms with van der Waals surface area (Å²) in [5.41, 5.74) is 0. The fraction of sp³-hybridized carbons (Fsp3) is 0.455. The Kier molecular flexibility index (Phi) is 4.55. The van der Waals surface area contributed by atoms with E-state index in [0.717, 1.165) is 0 Å². The van der Waals surface area contributed by atoms with Gasteiger partial charge in [0.15, 0.2) is 5.76 Å². The Morgan fingerprint density at radius 1 is 1.50 bits per heavy atom. The largest absolute Gasteiger partial charge is 0.459 e. The number of carbonyl (C=O) groups is 2. The summed E-state index contributed by atoms with van der Waals surface area (Å²) in [7, 11) is 0. The summed E-state index contributed by atoms with van der Waals surface area (Å²) in [6.45, 7) is 3.90. The maximum absolute atomic E-state index is 11.6. The molecule has 0 spiro atoms. The molecule has 1 heterocycles. The monoisotopic (exact) mass is 243 g/mol. The summed E-state index contributed by atoms with van der Waals surface area (Å²) in [4.78, 5) is 22.7. The number of furan rings is 1. The summed E-state index contributed by atoms with van der Waals surface area (Å²) in [5.74, 6) is 0.0147. The number of rotatable bonds is 5. The normalized spacial score (nSPS) is 12.5. The van der Waals surface area contributed by atoms with Gasteiger partial charge in [-0.25, -0.2) is 0 Å². The first-order valence-electron chi connectivity index (χ1n) is 5.04. The summed E-state index contributed by atoms with van der Waals surface area (Å²) in [5, 5.41) is 1.97. The average molecular weight is 244 g/mol. The lowest BCUT2D eigenvalue weighted by Crippen LogP contribution is -2.39. The Morgan fingerprint density at radius 2 is 2.19 bits per heavy atom. The minimum Gasteiger partial charge on any atom is -0.459 e. The van der Waals surface area contributed by atoms with Gasteiger partial charge in [-0.3, -0.25) is 9.59 Å². The van der Waals surface area contributed by atoms with E-state index in [4.69, 9.17) is 16.0 Å². The molecule has 1 atom stereocenters. The number of hydrogen-bond donors (Lipinski definition) is 1. The van der Waals surface area contributed by atoms with Crippen LogP contribution in [0.2, 0.25) is 0 Å². The van der Waals surface area contributed by atoms with Crippen LogP contribution in [0.25, 0.3) is 0 Å². The van der Waals surface area contributed by atoms with Gasteiger partial charge in [0, 0.05) is 0 Å². The van der Waals surface area contributed by atoms with E-state index in [1.807, 2.05) is 13.8 Å². The van der Waals surface area contributed by atoms with Gasteiger partial charge in [-0.1, -0.05) is 13.8 Å². The van der Waals surface area contributed by atoms with Crippen LogP contribution >= 0.6 is 11.6 Å². The van der Waals surface area contributed by atoms with Crippen molar-refractivity contribution in [3.8, 4) is 0 Å². The van der Waals surface area contributed by atoms with Crippen LogP contribution in [0.3, 0.4) is 0 Å². The molecule has 0 aliphatic rings. The lowest BCUT2D eigenvalue weighted by atomic mass is 10.0. The van der Waals surface area contributed by atoms with Crippen LogP contribution in [0.1, 0.15) is 30.8 Å². The van der Waals surface area contributed by atoms with Crippen molar-refractivity contribution in [1.29, 1.82) is 0 Å². The third kappa shape index (κ3) is 3.70. The van der Waals surface area contributed by atoms with Crippen LogP contribution in [0.5, 0.6) is 0 Å². The zero-order valence-electron chi connectivity index (χ0n) is 9.20. The summed E-state index contributed by atoms with van der Waals surface area (Å²) >= 11 is 5.41. The van der Waals surface area contributed by atoms with Crippen LogP contribution in [0.15, 0.2) is 22.8 Å². The van der Waals surface area contributed by atoms with Gasteiger partial charge >= 0.3 is 0 Å². The van der Waals surface area contributed by atoms with Gasteiger partial charge in [0.2, 0.25) is 5.24 Å². The second kappa shape index (κ2) is 5.70. The van der Waals surface area contributed by atoms with Crippen molar-refractivity contribution in [1.82, 2.24) is 5.32 Å². The molecule has 4 nitrogen and oxygen atoms in total. The van der Waals surface area contributed by atoms with E-state index in [-0.39, 0.29) is 11.7 Å². The van der Waals surface area contributed by atoms with Crippen LogP contribution in [0, 0.1) is 5.92 Å². The van der Waals surface area contributed by atoms with Crippen molar-refractivity contribution in [3.05, 3.63) is 24.2 Å². The molecular weight excluding hydrogens is 230 g/mol. The minimum atomic E-state index is -0.667. The topological polar surface area (TPSA) is 59.3 Å². The van der Waals surface area contributed by atoms with E-state index in [2.05, 4.69) is 5.32 Å². The smallest absolute Gasteiger partial charge is 0.287 e. The van der Waals surface area contributed by atoms with E-state index in [9.17, 15) is 9.59 Å². The second-order valence-corrected chi connectivity index (χ2v) is 4.31. The van der Waals surface area contributed by atoms with Gasteiger partial charge in [0.25, 0.3) is 5.91 Å². The molecule has 0 saturated heterocycles. The van der Waals surface area contributed by atoms with Crippen molar-refractivity contribution >= 4 is 22.8 Å². The molecule has 1 amide bonds. The molecule has 0 aliphatic heterocycles. The van der Waals surface area contributed by atoms with Crippen LogP contribution < -0.4 is 5.32 Å². The van der Waals surface area contributed by atoms with E-state index in [1.54, 1.807) is 6.07 Å². The Balaban J connectivity index is 2.62. The van der Waals surface area contributed by atoms with Gasteiger partial charge < -0.3 is 9.73 Å². The molecular formula is C11H14ClNO3. The third-order valence-electron chi connectivity index (χ3n) is 2.03. The fourth-order valence-electron chi connectivity index (χ4n) is 1.32. The highest BCUT2D eigenvalue weighted by Crippen LogP contribution is 2.09. The molecule has 0 saturated carbocycles. The van der Waals surface area contributed by atoms with Crippen LogP contribution in [-0.2, 0) is 4.79 Å². The van der Waals surface area contributed by atoms with E-state index in [0.29, 0.717) is 6.42 Å². The molecule has 0 bridgehead atoms. The molecule has 0 aromatic carbocycles. The van der Waals surface area contributed by atoms with Gasteiger partial charge in [0.1, 0.15) is 6.04 Å². The number of halogens is 1. The summed E-state index contributed by atoms with van der Waals surface area (Å²) < 4.78 is 4.91. The van der Waals surface area contributed by atoms with Crippen molar-refractivity contribution in [2.45, 2.75) is 26.3 Å². The lowest BCUT2D eigenvalue weighted by molar-refractivity contribution is -0.113. The van der Waals surface area contributed by atoms with E-state index in [1.165, 1.54) is 12.3 Å². The van der Waals surface area contributed by atoms with Crippen molar-refractivity contribution in [2.75, 3.05) is 0 Å². The fourth-order valence-corrected chi connectivity index (χ4v) is 1.46. The molecule has 0 fully saturated rings. The van der Waals surface area contributed by atoms with Crippen molar-refractivity contribution < 1.29 is 14.0 Å². The molecule has 88 valence electrons. The molecule has 0 radical (unpaired) electrons. The second-order valence-electron chi connectivity index (χ2n) is 3.94. The highest BCUT2D eigenvalue weighted by molar-refractivity contribution is 6.64. The van der Waals surface area contributed by atoms with E-state index >= 15 is 0 Å². The molecule has 1 aromatic heterocycles. The Morgan fingerprint density at radius 3 is 2.62 bits per heavy atom. The first kappa shape index (κ1) is 12.8. The molecule has 5 heteroatoms. The summed E-state index contributed by atoms with van der Waals surface area (Å²) in [6.07, 6.45) is 1.91. The number of nitrogens with one attached hydrogen (secondary N) is 1.